The lowest BCUT2D eigenvalue weighted by atomic mass is 9.93. The average molecular weight is 430 g/mol. The topological polar surface area (TPSA) is 99.2 Å². The predicted molar refractivity (Wildman–Crippen MR) is 118 cm³/mol. The number of carboxylic acids is 1. The van der Waals surface area contributed by atoms with Gasteiger partial charge in [-0.05, 0) is 38.3 Å². The Morgan fingerprint density at radius 3 is 1.83 bits per heavy atom. The molecule has 0 radical (unpaired) electrons. The molecule has 0 unspecified atom stereocenters. The minimum absolute atomic E-state index is 0.0859. The zero-order chi connectivity index (χ0) is 23.8. The molecule has 176 valence electrons. The minimum atomic E-state index is -0.976. The van der Waals surface area contributed by atoms with Crippen molar-refractivity contribution in [2.75, 3.05) is 28.3 Å². The highest BCUT2D eigenvalue weighted by Crippen LogP contribution is 2.21. The second-order valence-electron chi connectivity index (χ2n) is 9.40. The van der Waals surface area contributed by atoms with Crippen molar-refractivity contribution >= 4 is 17.8 Å². The third kappa shape index (κ3) is 8.60. The lowest BCUT2D eigenvalue weighted by molar-refractivity contribution is -0.147. The maximum Gasteiger partial charge on any atom is 0.306 e. The molecular weight excluding hydrogens is 386 g/mol. The van der Waals surface area contributed by atoms with E-state index in [1.54, 1.807) is 11.9 Å². The van der Waals surface area contributed by atoms with E-state index in [4.69, 9.17) is 4.74 Å². The summed E-state index contributed by atoms with van der Waals surface area (Å²) in [5.74, 6) is -1.21. The standard InChI is InChI=1S/C22H43N3O5/c1-13(2)11-16(17(30-10)12-18(26)27)25(9)22(29)19(14(3)4)23-21(28)20(15(5)6)24(7)8/h13-17,19-20H,11-12H2,1-10H3,(H,23,28)(H,26,27)/t16-,17+,19-,20-/m0/s1. The number of amides is 2. The summed E-state index contributed by atoms with van der Waals surface area (Å²) in [6, 6.07) is -1.47. The van der Waals surface area contributed by atoms with Crippen LogP contribution in [0.25, 0.3) is 0 Å². The quantitative estimate of drug-likeness (QED) is 0.465. The number of nitrogens with zero attached hydrogens (tertiary/aromatic N) is 2. The first-order valence-corrected chi connectivity index (χ1v) is 10.7. The van der Waals surface area contributed by atoms with E-state index in [9.17, 15) is 19.5 Å². The monoisotopic (exact) mass is 429 g/mol. The van der Waals surface area contributed by atoms with Gasteiger partial charge in [0.2, 0.25) is 11.8 Å². The second kappa shape index (κ2) is 12.9. The molecule has 0 bridgehead atoms. The van der Waals surface area contributed by atoms with Crippen LogP contribution in [0.5, 0.6) is 0 Å². The highest BCUT2D eigenvalue weighted by Gasteiger charge is 2.36. The number of methoxy groups -OCH3 is 1. The van der Waals surface area contributed by atoms with Crippen LogP contribution in [0.15, 0.2) is 0 Å². The van der Waals surface area contributed by atoms with Gasteiger partial charge in [0.25, 0.3) is 0 Å². The van der Waals surface area contributed by atoms with Crippen molar-refractivity contribution in [3.05, 3.63) is 0 Å². The van der Waals surface area contributed by atoms with Crippen molar-refractivity contribution < 1.29 is 24.2 Å². The number of aliphatic carboxylic acids is 1. The van der Waals surface area contributed by atoms with Gasteiger partial charge in [0.15, 0.2) is 0 Å². The Morgan fingerprint density at radius 2 is 1.50 bits per heavy atom. The molecule has 0 rings (SSSR count). The molecule has 0 saturated heterocycles. The molecule has 8 heteroatoms. The fourth-order valence-corrected chi connectivity index (χ4v) is 3.86. The third-order valence-electron chi connectivity index (χ3n) is 5.35. The molecule has 0 heterocycles. The van der Waals surface area contributed by atoms with Crippen molar-refractivity contribution in [2.45, 2.75) is 78.6 Å². The molecule has 2 amide bonds. The van der Waals surface area contributed by atoms with Gasteiger partial charge >= 0.3 is 5.97 Å². The van der Waals surface area contributed by atoms with E-state index < -0.39 is 24.2 Å². The number of hydrogen-bond acceptors (Lipinski definition) is 5. The molecule has 8 nitrogen and oxygen atoms in total. The van der Waals surface area contributed by atoms with Crippen LogP contribution in [0, 0.1) is 17.8 Å². The lowest BCUT2D eigenvalue weighted by Gasteiger charge is -2.38. The lowest BCUT2D eigenvalue weighted by Crippen LogP contribution is -2.58. The number of likely N-dealkylation sites (N-methyl/N-ethyl adjacent to an activating group) is 2. The first-order chi connectivity index (χ1) is 13.7. The maximum atomic E-state index is 13.4. The Morgan fingerprint density at radius 1 is 0.967 bits per heavy atom. The van der Waals surface area contributed by atoms with Gasteiger partial charge in [-0.15, -0.1) is 0 Å². The van der Waals surface area contributed by atoms with Crippen LogP contribution in [0.3, 0.4) is 0 Å². The maximum absolute atomic E-state index is 13.4. The summed E-state index contributed by atoms with van der Waals surface area (Å²) in [6.07, 6.45) is -0.230. The predicted octanol–water partition coefficient (Wildman–Crippen LogP) is 2.08. The van der Waals surface area contributed by atoms with Crippen molar-refractivity contribution in [3.63, 3.8) is 0 Å². The van der Waals surface area contributed by atoms with Gasteiger partial charge in [0.05, 0.1) is 24.6 Å². The molecule has 0 aromatic heterocycles. The summed E-state index contributed by atoms with van der Waals surface area (Å²) in [5, 5.41) is 12.2. The average Bonchev–Trinajstić information content (AvgIpc) is 2.59. The van der Waals surface area contributed by atoms with Crippen LogP contribution in [0.4, 0.5) is 0 Å². The number of carbonyl (C=O) groups is 3. The van der Waals surface area contributed by atoms with Crippen LogP contribution < -0.4 is 5.32 Å². The Hall–Kier alpha value is -1.67. The number of rotatable bonds is 13. The van der Waals surface area contributed by atoms with Crippen molar-refractivity contribution in [2.24, 2.45) is 17.8 Å². The summed E-state index contributed by atoms with van der Waals surface area (Å²) in [4.78, 5) is 41.0. The van der Waals surface area contributed by atoms with Crippen molar-refractivity contribution in [3.8, 4) is 0 Å². The molecule has 0 aliphatic heterocycles. The van der Waals surface area contributed by atoms with Crippen LogP contribution in [-0.4, -0.2) is 85.2 Å². The Kier molecular flexibility index (Phi) is 12.2. The molecule has 0 saturated carbocycles. The smallest absolute Gasteiger partial charge is 0.306 e. The van der Waals surface area contributed by atoms with E-state index in [0.717, 1.165) is 0 Å². The molecular formula is C22H43N3O5. The number of carboxylic acid groups (broad SMARTS) is 1. The van der Waals surface area contributed by atoms with E-state index in [1.807, 2.05) is 60.5 Å². The van der Waals surface area contributed by atoms with Crippen LogP contribution in [-0.2, 0) is 19.1 Å². The molecule has 2 N–H and O–H groups in total. The zero-order valence-corrected chi connectivity index (χ0v) is 20.4. The van der Waals surface area contributed by atoms with E-state index in [-0.39, 0.29) is 42.0 Å². The Labute approximate surface area is 182 Å². The van der Waals surface area contributed by atoms with Gasteiger partial charge in [-0.25, -0.2) is 0 Å². The van der Waals surface area contributed by atoms with Gasteiger partial charge in [-0.3, -0.25) is 19.3 Å². The third-order valence-corrected chi connectivity index (χ3v) is 5.35. The first-order valence-electron chi connectivity index (χ1n) is 10.7. The van der Waals surface area contributed by atoms with Crippen molar-refractivity contribution in [1.82, 2.24) is 15.1 Å². The fraction of sp³-hybridized carbons (Fsp3) is 0.864. The molecule has 0 spiro atoms. The zero-order valence-electron chi connectivity index (χ0n) is 20.4. The molecule has 0 aliphatic carbocycles. The minimum Gasteiger partial charge on any atom is -0.481 e. The normalized spacial score (nSPS) is 15.9. The molecule has 0 fully saturated rings. The summed E-state index contributed by atoms with van der Waals surface area (Å²) in [5.41, 5.74) is 0. The van der Waals surface area contributed by atoms with Gasteiger partial charge in [0, 0.05) is 14.2 Å². The van der Waals surface area contributed by atoms with Gasteiger partial charge in [-0.1, -0.05) is 41.5 Å². The second-order valence-corrected chi connectivity index (χ2v) is 9.40. The number of hydrogen-bond donors (Lipinski definition) is 2. The SMILES string of the molecule is CO[C@H](CC(=O)O)[C@H](CC(C)C)N(C)C(=O)[C@@H](NC(=O)[C@H](C(C)C)N(C)C)C(C)C. The molecule has 0 aromatic carbocycles. The molecule has 0 aliphatic rings. The molecule has 4 atom stereocenters. The summed E-state index contributed by atoms with van der Waals surface area (Å²) < 4.78 is 5.45. The van der Waals surface area contributed by atoms with Gasteiger partial charge in [0.1, 0.15) is 6.04 Å². The molecule has 0 aromatic rings. The van der Waals surface area contributed by atoms with Crippen LogP contribution in [0.2, 0.25) is 0 Å². The van der Waals surface area contributed by atoms with Crippen molar-refractivity contribution in [1.29, 1.82) is 0 Å². The summed E-state index contributed by atoms with van der Waals surface area (Å²) in [6.45, 7) is 11.8. The van der Waals surface area contributed by atoms with Crippen LogP contribution >= 0.6 is 0 Å². The largest absolute Gasteiger partial charge is 0.481 e. The first kappa shape index (κ1) is 28.3. The van der Waals surface area contributed by atoms with E-state index in [1.165, 1.54) is 7.11 Å². The van der Waals surface area contributed by atoms with Gasteiger partial charge in [-0.2, -0.15) is 0 Å². The summed E-state index contributed by atoms with van der Waals surface area (Å²) in [7, 11) is 6.81. The highest BCUT2D eigenvalue weighted by atomic mass is 16.5. The van der Waals surface area contributed by atoms with Crippen LogP contribution in [0.1, 0.15) is 54.4 Å². The van der Waals surface area contributed by atoms with E-state index in [0.29, 0.717) is 6.42 Å². The highest BCUT2D eigenvalue weighted by molar-refractivity contribution is 5.90. The van der Waals surface area contributed by atoms with E-state index in [2.05, 4.69) is 5.32 Å². The summed E-state index contributed by atoms with van der Waals surface area (Å²) >= 11 is 0. The number of ether oxygens (including phenoxy) is 1. The fourth-order valence-electron chi connectivity index (χ4n) is 3.86. The molecule has 30 heavy (non-hydrogen) atoms. The Balaban J connectivity index is 5.74. The van der Waals surface area contributed by atoms with E-state index >= 15 is 0 Å². The number of carbonyl (C=O) groups excluding carboxylic acids is 2. The number of nitrogens with one attached hydrogen (secondary N) is 1. The van der Waals surface area contributed by atoms with Gasteiger partial charge < -0.3 is 20.1 Å². The Bertz CT molecular complexity index is 555.